The summed E-state index contributed by atoms with van der Waals surface area (Å²) in [6.07, 6.45) is 2.54. The van der Waals surface area contributed by atoms with Crippen LogP contribution in [0.15, 0.2) is 35.8 Å². The molecule has 0 amide bonds. The molecule has 3 nitrogen and oxygen atoms in total. The van der Waals surface area contributed by atoms with Gasteiger partial charge in [-0.05, 0) is 23.6 Å². The number of hydrogen-bond acceptors (Lipinski definition) is 4. The summed E-state index contributed by atoms with van der Waals surface area (Å²) in [6, 6.07) is 7.73. The normalized spacial score (nSPS) is 12.4. The van der Waals surface area contributed by atoms with Crippen LogP contribution < -0.4 is 10.5 Å². The van der Waals surface area contributed by atoms with Gasteiger partial charge in [0.2, 0.25) is 0 Å². The van der Waals surface area contributed by atoms with Gasteiger partial charge in [-0.1, -0.05) is 6.07 Å². The molecular weight excluding hydrogens is 220 g/mol. The van der Waals surface area contributed by atoms with Crippen LogP contribution in [-0.2, 0) is 6.42 Å². The van der Waals surface area contributed by atoms with Crippen molar-refractivity contribution in [1.29, 1.82) is 0 Å². The molecule has 0 saturated heterocycles. The van der Waals surface area contributed by atoms with E-state index in [0.717, 1.165) is 17.9 Å². The summed E-state index contributed by atoms with van der Waals surface area (Å²) in [5.41, 5.74) is 6.94. The number of methoxy groups -OCH3 is 1. The first kappa shape index (κ1) is 11.1. The maximum absolute atomic E-state index is 6.13. The zero-order valence-corrected chi connectivity index (χ0v) is 9.91. The Hall–Kier alpha value is -1.39. The summed E-state index contributed by atoms with van der Waals surface area (Å²) in [6.45, 7) is 0. The maximum Gasteiger partial charge on any atom is 0.141 e. The Labute approximate surface area is 98.9 Å². The number of hydrogen-bond donors (Lipinski definition) is 1. The number of ether oxygens (including phenoxy) is 1. The molecule has 0 bridgehead atoms. The van der Waals surface area contributed by atoms with Crippen LogP contribution in [0.5, 0.6) is 5.75 Å². The Morgan fingerprint density at radius 3 is 3.00 bits per heavy atom. The van der Waals surface area contributed by atoms with E-state index in [4.69, 9.17) is 10.5 Å². The Morgan fingerprint density at radius 1 is 1.44 bits per heavy atom. The van der Waals surface area contributed by atoms with Crippen LogP contribution >= 0.6 is 11.3 Å². The number of rotatable bonds is 4. The van der Waals surface area contributed by atoms with E-state index in [0.29, 0.717) is 0 Å². The lowest BCUT2D eigenvalue weighted by atomic mass is 10.1. The fraction of sp³-hybridized carbons (Fsp3) is 0.250. The van der Waals surface area contributed by atoms with Gasteiger partial charge in [-0.15, -0.1) is 11.3 Å². The van der Waals surface area contributed by atoms with Crippen LogP contribution in [0.3, 0.4) is 0 Å². The minimum Gasteiger partial charge on any atom is -0.495 e. The Morgan fingerprint density at radius 2 is 2.31 bits per heavy atom. The molecule has 0 aliphatic rings. The molecule has 4 heteroatoms. The van der Waals surface area contributed by atoms with E-state index >= 15 is 0 Å². The van der Waals surface area contributed by atoms with Crippen LogP contribution in [0, 0.1) is 0 Å². The highest BCUT2D eigenvalue weighted by molar-refractivity contribution is 7.09. The lowest BCUT2D eigenvalue weighted by molar-refractivity contribution is 0.402. The molecule has 2 rings (SSSR count). The summed E-state index contributed by atoms with van der Waals surface area (Å²) in [5.74, 6) is 0.756. The SMILES string of the molecule is COc1cccnc1C(N)Cc1cccs1. The first-order valence-corrected chi connectivity index (χ1v) is 5.96. The fourth-order valence-corrected chi connectivity index (χ4v) is 2.36. The largest absolute Gasteiger partial charge is 0.495 e. The molecule has 0 aliphatic carbocycles. The zero-order chi connectivity index (χ0) is 11.4. The summed E-state index contributed by atoms with van der Waals surface area (Å²) < 4.78 is 5.25. The lowest BCUT2D eigenvalue weighted by Gasteiger charge is -2.13. The van der Waals surface area contributed by atoms with Gasteiger partial charge in [0.15, 0.2) is 0 Å². The molecule has 2 aromatic heterocycles. The molecule has 1 unspecified atom stereocenters. The van der Waals surface area contributed by atoms with E-state index in [-0.39, 0.29) is 6.04 Å². The third kappa shape index (κ3) is 2.40. The molecule has 0 fully saturated rings. The second-order valence-electron chi connectivity index (χ2n) is 3.48. The van der Waals surface area contributed by atoms with E-state index < -0.39 is 0 Å². The standard InChI is InChI=1S/C12H14N2OS/c1-15-11-5-2-6-14-12(11)10(13)8-9-4-3-7-16-9/h2-7,10H,8,13H2,1H3. The van der Waals surface area contributed by atoms with Gasteiger partial charge >= 0.3 is 0 Å². The average Bonchev–Trinajstić information content (AvgIpc) is 2.81. The molecule has 0 saturated carbocycles. The van der Waals surface area contributed by atoms with Crippen LogP contribution in [0.2, 0.25) is 0 Å². The highest BCUT2D eigenvalue weighted by Crippen LogP contribution is 2.24. The van der Waals surface area contributed by atoms with Crippen LogP contribution in [0.25, 0.3) is 0 Å². The highest BCUT2D eigenvalue weighted by atomic mass is 32.1. The van der Waals surface area contributed by atoms with Gasteiger partial charge in [-0.3, -0.25) is 4.98 Å². The van der Waals surface area contributed by atoms with Gasteiger partial charge < -0.3 is 10.5 Å². The van der Waals surface area contributed by atoms with Gasteiger partial charge in [-0.2, -0.15) is 0 Å². The summed E-state index contributed by atoms with van der Waals surface area (Å²) in [7, 11) is 1.64. The predicted molar refractivity (Wildman–Crippen MR) is 65.7 cm³/mol. The number of nitrogens with two attached hydrogens (primary N) is 1. The van der Waals surface area contributed by atoms with Gasteiger partial charge in [0.1, 0.15) is 5.75 Å². The summed E-state index contributed by atoms with van der Waals surface area (Å²) in [4.78, 5) is 5.55. The van der Waals surface area contributed by atoms with Crippen LogP contribution in [0.4, 0.5) is 0 Å². The number of pyridine rings is 1. The Bertz CT molecular complexity index is 442. The summed E-state index contributed by atoms with van der Waals surface area (Å²) >= 11 is 1.71. The molecule has 84 valence electrons. The van der Waals surface area contributed by atoms with Gasteiger partial charge in [0.25, 0.3) is 0 Å². The van der Waals surface area contributed by atoms with Crippen molar-refractivity contribution in [2.75, 3.05) is 7.11 Å². The van der Waals surface area contributed by atoms with Crippen molar-refractivity contribution in [2.45, 2.75) is 12.5 Å². The Kier molecular flexibility index (Phi) is 3.54. The minimum absolute atomic E-state index is 0.116. The molecule has 2 aromatic rings. The van der Waals surface area contributed by atoms with E-state index in [1.165, 1.54) is 4.88 Å². The third-order valence-corrected chi connectivity index (χ3v) is 3.27. The van der Waals surface area contributed by atoms with Gasteiger partial charge in [0, 0.05) is 17.5 Å². The average molecular weight is 234 g/mol. The fourth-order valence-electron chi connectivity index (χ4n) is 1.60. The first-order valence-electron chi connectivity index (χ1n) is 5.08. The Balaban J connectivity index is 2.17. The quantitative estimate of drug-likeness (QED) is 0.883. The smallest absolute Gasteiger partial charge is 0.141 e. The van der Waals surface area contributed by atoms with Crippen molar-refractivity contribution in [2.24, 2.45) is 5.73 Å². The molecule has 0 aliphatic heterocycles. The molecule has 0 aromatic carbocycles. The predicted octanol–water partition coefficient (Wildman–Crippen LogP) is 2.39. The van der Waals surface area contributed by atoms with Gasteiger partial charge in [0.05, 0.1) is 18.8 Å². The molecule has 0 radical (unpaired) electrons. The second kappa shape index (κ2) is 5.09. The monoisotopic (exact) mass is 234 g/mol. The molecular formula is C12H14N2OS. The molecule has 2 heterocycles. The van der Waals surface area contributed by atoms with E-state index in [1.807, 2.05) is 18.2 Å². The highest BCUT2D eigenvalue weighted by Gasteiger charge is 2.13. The van der Waals surface area contributed by atoms with Crippen molar-refractivity contribution >= 4 is 11.3 Å². The van der Waals surface area contributed by atoms with Crippen molar-refractivity contribution in [1.82, 2.24) is 4.98 Å². The van der Waals surface area contributed by atoms with Crippen molar-refractivity contribution in [3.8, 4) is 5.75 Å². The van der Waals surface area contributed by atoms with Crippen LogP contribution in [-0.4, -0.2) is 12.1 Å². The molecule has 1 atom stereocenters. The maximum atomic E-state index is 6.13. The second-order valence-corrected chi connectivity index (χ2v) is 4.51. The van der Waals surface area contributed by atoms with E-state index in [1.54, 1.807) is 24.6 Å². The number of aromatic nitrogens is 1. The molecule has 16 heavy (non-hydrogen) atoms. The third-order valence-electron chi connectivity index (χ3n) is 2.37. The lowest BCUT2D eigenvalue weighted by Crippen LogP contribution is -2.15. The van der Waals surface area contributed by atoms with Crippen LogP contribution in [0.1, 0.15) is 16.6 Å². The first-order chi connectivity index (χ1) is 7.81. The van der Waals surface area contributed by atoms with Crippen molar-refractivity contribution < 1.29 is 4.74 Å². The zero-order valence-electron chi connectivity index (χ0n) is 9.09. The van der Waals surface area contributed by atoms with E-state index in [2.05, 4.69) is 16.4 Å². The number of thiophene rings is 1. The van der Waals surface area contributed by atoms with Gasteiger partial charge in [-0.25, -0.2) is 0 Å². The number of nitrogens with zero attached hydrogens (tertiary/aromatic N) is 1. The molecule has 2 N–H and O–H groups in total. The summed E-state index contributed by atoms with van der Waals surface area (Å²) in [5, 5.41) is 2.05. The topological polar surface area (TPSA) is 48.1 Å². The van der Waals surface area contributed by atoms with Crippen molar-refractivity contribution in [3.63, 3.8) is 0 Å². The molecule has 0 spiro atoms. The minimum atomic E-state index is -0.116. The van der Waals surface area contributed by atoms with Crippen molar-refractivity contribution in [3.05, 3.63) is 46.4 Å². The van der Waals surface area contributed by atoms with E-state index in [9.17, 15) is 0 Å².